The zero-order chi connectivity index (χ0) is 41.9. The van der Waals surface area contributed by atoms with Crippen LogP contribution in [0, 0.1) is 5.92 Å². The molecule has 4 atom stereocenters. The Morgan fingerprint density at radius 2 is 1.23 bits per heavy atom. The first-order valence-electron chi connectivity index (χ1n) is 20.5. The molecule has 2 aromatic heterocycles. The maximum absolute atomic E-state index is 13.8. The Morgan fingerprint density at radius 3 is 1.82 bits per heavy atom. The van der Waals surface area contributed by atoms with E-state index in [0.29, 0.717) is 18.9 Å². The number of fused-ring (bicyclic) bond motifs is 1. The van der Waals surface area contributed by atoms with E-state index in [1.165, 1.54) is 14.2 Å². The second-order valence-corrected chi connectivity index (χ2v) is 15.9. The number of H-pyrrole nitrogens is 2. The lowest BCUT2D eigenvalue weighted by molar-refractivity contribution is -0.135. The highest BCUT2D eigenvalue weighted by Crippen LogP contribution is 2.36. The van der Waals surface area contributed by atoms with Crippen LogP contribution in [0.3, 0.4) is 0 Å². The molecule has 14 nitrogen and oxygen atoms in total. The fourth-order valence-corrected chi connectivity index (χ4v) is 8.57. The lowest BCUT2D eigenvalue weighted by Crippen LogP contribution is -2.51. The molecule has 4 amide bonds. The number of imidazole rings is 2. The molecule has 0 radical (unpaired) electrons. The first-order chi connectivity index (χ1) is 29.1. The number of rotatable bonds is 11. The largest absolute Gasteiger partial charge is 0.453 e. The second-order valence-electron chi connectivity index (χ2n) is 15.9. The van der Waals surface area contributed by atoms with Crippen LogP contribution in [0.1, 0.15) is 69.7 Å². The number of allylic oxidation sites excluding steroid dienone is 2. The number of aromatic nitrogens is 4. The number of nitrogens with one attached hydrogen (secondary N) is 4. The number of aromatic amines is 2. The van der Waals surface area contributed by atoms with Crippen LogP contribution in [0.4, 0.5) is 9.59 Å². The van der Waals surface area contributed by atoms with Gasteiger partial charge in [0.2, 0.25) is 5.91 Å². The van der Waals surface area contributed by atoms with Crippen LogP contribution in [0.25, 0.3) is 44.4 Å². The highest BCUT2D eigenvalue weighted by atomic mass is 16.5. The second kappa shape index (κ2) is 17.3. The van der Waals surface area contributed by atoms with Crippen molar-refractivity contribution in [1.82, 2.24) is 40.4 Å². The maximum Gasteiger partial charge on any atom is 0.407 e. The number of amides is 4. The van der Waals surface area contributed by atoms with Crippen molar-refractivity contribution in [1.29, 1.82) is 0 Å². The molecule has 2 aliphatic heterocycles. The lowest BCUT2D eigenvalue weighted by atomic mass is 9.98. The SMILES string of the molecule is COC(=O)NC(C(=O)N1CCC[C@H]1c1ncc(-c2ccc(-c3ccc4cc(-c5cnc([C@@H]6CCCN6C(=O)[C@@H](NC(=O)OC)C(C)C)[nH]5)ccc4c3)cc2)[nH]1)C1=CCC=C1. The van der Waals surface area contributed by atoms with E-state index in [-0.39, 0.29) is 29.8 Å². The number of nitrogens with zero attached hydrogens (tertiary/aromatic N) is 4. The summed E-state index contributed by atoms with van der Waals surface area (Å²) in [6.07, 6.45) is 12.1. The predicted molar refractivity (Wildman–Crippen MR) is 227 cm³/mol. The van der Waals surface area contributed by atoms with E-state index in [2.05, 4.69) is 81.3 Å². The minimum Gasteiger partial charge on any atom is -0.453 e. The van der Waals surface area contributed by atoms with E-state index < -0.39 is 24.3 Å². The Kier molecular flexibility index (Phi) is 11.5. The van der Waals surface area contributed by atoms with Crippen molar-refractivity contribution >= 4 is 34.8 Å². The first kappa shape index (κ1) is 40.1. The normalized spacial score (nSPS) is 18.4. The van der Waals surface area contributed by atoms with Gasteiger partial charge in [-0.1, -0.05) is 80.6 Å². The number of benzene rings is 3. The summed E-state index contributed by atoms with van der Waals surface area (Å²) in [6, 6.07) is 19.1. The van der Waals surface area contributed by atoms with Gasteiger partial charge in [-0.25, -0.2) is 19.6 Å². The van der Waals surface area contributed by atoms with Gasteiger partial charge in [-0.15, -0.1) is 0 Å². The molecule has 5 aromatic rings. The molecule has 2 saturated heterocycles. The number of carbonyl (C=O) groups is 4. The van der Waals surface area contributed by atoms with E-state index in [4.69, 9.17) is 19.4 Å². The van der Waals surface area contributed by atoms with Gasteiger partial charge in [-0.2, -0.15) is 0 Å². The number of likely N-dealkylation sites (tertiary alicyclic amines) is 2. The number of methoxy groups -OCH3 is 2. The Morgan fingerprint density at radius 1 is 0.700 bits per heavy atom. The van der Waals surface area contributed by atoms with E-state index in [1.54, 1.807) is 4.90 Å². The molecule has 8 rings (SSSR count). The quantitative estimate of drug-likeness (QED) is 0.106. The van der Waals surface area contributed by atoms with Gasteiger partial charge >= 0.3 is 12.2 Å². The predicted octanol–water partition coefficient (Wildman–Crippen LogP) is 7.61. The summed E-state index contributed by atoms with van der Waals surface area (Å²) >= 11 is 0. The average Bonchev–Trinajstić information content (AvgIpc) is 4.13. The standard InChI is InChI=1S/C46H50N8O6/c1-27(2)39(51-45(57)59-3)43(55)53-21-7-11-37(53)42-48-26-36(50-42)34-20-19-32-23-31(17-18-33(32)24-34)28-13-15-29(16-14-28)35-25-47-41(49-35)38-12-8-22-54(38)44(56)40(52-46(58)60-4)30-9-5-6-10-30/h5,9-10,13-20,23-27,37-40H,6-8,11-12,21-22H2,1-4H3,(H,47,49)(H,48,50)(H,51,57)(H,52,58)/t37-,38-,39-,40?/m0/s1. The summed E-state index contributed by atoms with van der Waals surface area (Å²) in [7, 11) is 2.58. The Hall–Kier alpha value is -6.70. The number of hydrogen-bond donors (Lipinski definition) is 4. The smallest absolute Gasteiger partial charge is 0.407 e. The molecule has 0 bridgehead atoms. The van der Waals surface area contributed by atoms with Crippen LogP contribution < -0.4 is 10.6 Å². The molecule has 4 N–H and O–H groups in total. The van der Waals surface area contributed by atoms with Gasteiger partial charge in [-0.05, 0) is 83.2 Å². The van der Waals surface area contributed by atoms with Gasteiger partial charge in [0.15, 0.2) is 0 Å². The number of hydrogen-bond acceptors (Lipinski definition) is 8. The summed E-state index contributed by atoms with van der Waals surface area (Å²) in [4.78, 5) is 71.6. The molecule has 3 aliphatic rings. The summed E-state index contributed by atoms with van der Waals surface area (Å²) in [6.45, 7) is 4.97. The van der Waals surface area contributed by atoms with E-state index in [9.17, 15) is 19.2 Å². The molecule has 0 saturated carbocycles. The Bertz CT molecular complexity index is 2470. The Labute approximate surface area is 348 Å². The third kappa shape index (κ3) is 8.14. The van der Waals surface area contributed by atoms with Crippen molar-refractivity contribution in [3.05, 3.63) is 109 Å². The summed E-state index contributed by atoms with van der Waals surface area (Å²) < 4.78 is 9.59. The van der Waals surface area contributed by atoms with Crippen molar-refractivity contribution in [2.45, 2.75) is 70.1 Å². The first-order valence-corrected chi connectivity index (χ1v) is 20.5. The molecule has 14 heteroatoms. The zero-order valence-electron chi connectivity index (χ0n) is 34.2. The van der Waals surface area contributed by atoms with Crippen LogP contribution in [-0.2, 0) is 19.1 Å². The van der Waals surface area contributed by atoms with Crippen LogP contribution >= 0.6 is 0 Å². The van der Waals surface area contributed by atoms with E-state index >= 15 is 0 Å². The maximum atomic E-state index is 13.8. The molecule has 60 heavy (non-hydrogen) atoms. The van der Waals surface area contributed by atoms with E-state index in [0.717, 1.165) is 87.9 Å². The van der Waals surface area contributed by atoms with Crippen LogP contribution in [-0.4, -0.2) is 93.1 Å². The monoisotopic (exact) mass is 810 g/mol. The van der Waals surface area contributed by atoms with Crippen molar-refractivity contribution in [3.63, 3.8) is 0 Å². The molecular weight excluding hydrogens is 761 g/mol. The van der Waals surface area contributed by atoms with Crippen molar-refractivity contribution in [2.24, 2.45) is 5.92 Å². The van der Waals surface area contributed by atoms with E-state index in [1.807, 2.05) is 49.4 Å². The summed E-state index contributed by atoms with van der Waals surface area (Å²) in [5.74, 6) is 1.02. The van der Waals surface area contributed by atoms with Gasteiger partial charge in [0.1, 0.15) is 23.7 Å². The molecule has 1 aliphatic carbocycles. The van der Waals surface area contributed by atoms with Gasteiger partial charge in [0.05, 0.1) is 50.1 Å². The number of ether oxygens (including phenoxy) is 2. The van der Waals surface area contributed by atoms with Gasteiger partial charge in [-0.3, -0.25) is 9.59 Å². The fourth-order valence-electron chi connectivity index (χ4n) is 8.57. The third-order valence-electron chi connectivity index (χ3n) is 11.8. The van der Waals surface area contributed by atoms with Crippen molar-refractivity contribution in [3.8, 4) is 33.6 Å². The van der Waals surface area contributed by atoms with Crippen molar-refractivity contribution < 1.29 is 28.7 Å². The highest BCUT2D eigenvalue weighted by molar-refractivity contribution is 5.91. The number of carbonyl (C=O) groups excluding carboxylic acids is 4. The molecule has 1 unspecified atom stereocenters. The molecule has 0 spiro atoms. The van der Waals surface area contributed by atoms with Crippen LogP contribution in [0.15, 0.2) is 96.9 Å². The third-order valence-corrected chi connectivity index (χ3v) is 11.8. The lowest BCUT2D eigenvalue weighted by Gasteiger charge is -2.30. The van der Waals surface area contributed by atoms with Crippen molar-refractivity contribution in [2.75, 3.05) is 27.3 Å². The topological polar surface area (TPSA) is 175 Å². The number of alkyl carbamates (subject to hydrolysis) is 2. The van der Waals surface area contributed by atoms with Gasteiger partial charge in [0.25, 0.3) is 5.91 Å². The molecule has 310 valence electrons. The Balaban J connectivity index is 0.939. The summed E-state index contributed by atoms with van der Waals surface area (Å²) in [5, 5.41) is 7.61. The fraction of sp³-hybridized carbons (Fsp3) is 0.348. The molecule has 3 aromatic carbocycles. The average molecular weight is 811 g/mol. The minimum absolute atomic E-state index is 0.107. The zero-order valence-corrected chi connectivity index (χ0v) is 34.2. The molecule has 4 heterocycles. The molecular formula is C46H50N8O6. The highest BCUT2D eigenvalue weighted by Gasteiger charge is 2.39. The van der Waals surface area contributed by atoms with Gasteiger partial charge in [0, 0.05) is 18.7 Å². The summed E-state index contributed by atoms with van der Waals surface area (Å²) in [5.41, 5.74) is 6.62. The van der Waals surface area contributed by atoms with Crippen LogP contribution in [0.2, 0.25) is 0 Å². The van der Waals surface area contributed by atoms with Gasteiger partial charge < -0.3 is 39.9 Å². The molecule has 2 fully saturated rings. The minimum atomic E-state index is -0.822. The van der Waals surface area contributed by atoms with Crippen LogP contribution in [0.5, 0.6) is 0 Å².